The highest BCUT2D eigenvalue weighted by Gasteiger charge is 2.33. The predicted molar refractivity (Wildman–Crippen MR) is 139 cm³/mol. The van der Waals surface area contributed by atoms with E-state index < -0.39 is 17.6 Å². The lowest BCUT2D eigenvalue weighted by molar-refractivity contribution is -0.140. The lowest BCUT2D eigenvalue weighted by atomic mass is 9.97. The lowest BCUT2D eigenvalue weighted by Crippen LogP contribution is -2.08. The Morgan fingerprint density at radius 3 is 2.32 bits per heavy atom. The van der Waals surface area contributed by atoms with Crippen molar-refractivity contribution in [3.8, 4) is 5.75 Å². The highest BCUT2D eigenvalue weighted by molar-refractivity contribution is 5.84. The summed E-state index contributed by atoms with van der Waals surface area (Å²) in [4.78, 5) is 4.44. The minimum atomic E-state index is -4.74. The van der Waals surface area contributed by atoms with Gasteiger partial charge in [0.25, 0.3) is 0 Å². The highest BCUT2D eigenvalue weighted by atomic mass is 19.4. The smallest absolute Gasteiger partial charge is 0.419 e. The molecule has 200 valence electrons. The molecular formula is C31H30F5NO. The van der Waals surface area contributed by atoms with E-state index >= 15 is 4.39 Å². The van der Waals surface area contributed by atoms with Crippen molar-refractivity contribution < 1.29 is 26.7 Å². The van der Waals surface area contributed by atoms with E-state index in [0.717, 1.165) is 66.6 Å². The number of hydrogen-bond donors (Lipinski definition) is 0. The van der Waals surface area contributed by atoms with E-state index in [0.29, 0.717) is 23.1 Å². The number of halogens is 5. The molecule has 0 atom stereocenters. The summed E-state index contributed by atoms with van der Waals surface area (Å²) in [6.07, 6.45) is 2.26. The van der Waals surface area contributed by atoms with Crippen molar-refractivity contribution in [3.05, 3.63) is 106 Å². The average molecular weight is 528 g/mol. The van der Waals surface area contributed by atoms with E-state index in [9.17, 15) is 17.6 Å². The van der Waals surface area contributed by atoms with Gasteiger partial charge in [0.1, 0.15) is 17.4 Å². The van der Waals surface area contributed by atoms with Crippen LogP contribution in [0.5, 0.6) is 5.75 Å². The van der Waals surface area contributed by atoms with Crippen molar-refractivity contribution in [3.63, 3.8) is 0 Å². The van der Waals surface area contributed by atoms with Gasteiger partial charge in [-0.3, -0.25) is 4.98 Å². The molecule has 1 heterocycles. The molecule has 38 heavy (non-hydrogen) atoms. The number of unbranched alkanes of at least 4 members (excludes halogenated alkanes) is 2. The second-order valence-corrected chi connectivity index (χ2v) is 9.44. The molecule has 1 aromatic heterocycles. The Hall–Kier alpha value is -3.48. The molecule has 0 saturated carbocycles. The lowest BCUT2D eigenvalue weighted by Gasteiger charge is -2.11. The van der Waals surface area contributed by atoms with Gasteiger partial charge in [0.2, 0.25) is 0 Å². The van der Waals surface area contributed by atoms with E-state index in [-0.39, 0.29) is 18.7 Å². The maximum absolute atomic E-state index is 15.2. The van der Waals surface area contributed by atoms with Gasteiger partial charge in [-0.05, 0) is 72.4 Å². The molecule has 7 heteroatoms. The summed E-state index contributed by atoms with van der Waals surface area (Å²) in [7, 11) is 0. The molecule has 4 aromatic rings. The summed E-state index contributed by atoms with van der Waals surface area (Å²) in [5.74, 6) is -0.864. The number of alkyl halides is 3. The minimum absolute atomic E-state index is 0.226. The molecule has 3 aromatic carbocycles. The van der Waals surface area contributed by atoms with Gasteiger partial charge in [0, 0.05) is 23.3 Å². The van der Waals surface area contributed by atoms with E-state index in [1.54, 1.807) is 18.3 Å². The quantitative estimate of drug-likeness (QED) is 0.144. The Bertz CT molecular complexity index is 1380. The summed E-state index contributed by atoms with van der Waals surface area (Å²) >= 11 is 0. The first-order valence-corrected chi connectivity index (χ1v) is 12.9. The normalized spacial score (nSPS) is 11.7. The van der Waals surface area contributed by atoms with Gasteiger partial charge in [-0.2, -0.15) is 13.2 Å². The average Bonchev–Trinajstić information content (AvgIpc) is 2.89. The Balaban J connectivity index is 1.38. The Morgan fingerprint density at radius 1 is 0.789 bits per heavy atom. The van der Waals surface area contributed by atoms with Gasteiger partial charge in [-0.25, -0.2) is 8.78 Å². The van der Waals surface area contributed by atoms with Crippen molar-refractivity contribution in [1.29, 1.82) is 0 Å². The third-order valence-electron chi connectivity index (χ3n) is 6.59. The van der Waals surface area contributed by atoms with Gasteiger partial charge < -0.3 is 4.74 Å². The Morgan fingerprint density at radius 2 is 1.55 bits per heavy atom. The molecule has 0 amide bonds. The monoisotopic (exact) mass is 527 g/mol. The second-order valence-electron chi connectivity index (χ2n) is 9.44. The number of aromatic nitrogens is 1. The fourth-order valence-electron chi connectivity index (χ4n) is 4.46. The largest absolute Gasteiger partial charge is 0.493 e. The van der Waals surface area contributed by atoms with Crippen LogP contribution in [-0.4, -0.2) is 11.6 Å². The van der Waals surface area contributed by atoms with Crippen LogP contribution in [0.3, 0.4) is 0 Å². The molecule has 0 N–H and O–H groups in total. The number of pyridine rings is 1. The zero-order valence-electron chi connectivity index (χ0n) is 21.3. The number of ether oxygens (including phenoxy) is 1. The summed E-state index contributed by atoms with van der Waals surface area (Å²) in [5, 5.41) is 1.25. The zero-order valence-corrected chi connectivity index (χ0v) is 21.3. The molecule has 0 unspecified atom stereocenters. The zero-order chi connectivity index (χ0) is 27.1. The highest BCUT2D eigenvalue weighted by Crippen LogP contribution is 2.32. The predicted octanol–water partition coefficient (Wildman–Crippen LogP) is 8.67. The van der Waals surface area contributed by atoms with Gasteiger partial charge >= 0.3 is 6.18 Å². The van der Waals surface area contributed by atoms with E-state index in [4.69, 9.17) is 4.74 Å². The van der Waals surface area contributed by atoms with Crippen LogP contribution in [0.15, 0.2) is 66.9 Å². The molecule has 0 aliphatic carbocycles. The van der Waals surface area contributed by atoms with Crippen LogP contribution in [0.25, 0.3) is 10.8 Å². The SMILES string of the molecule is CCCCCOc1ccnc(CCc2ccc3c(F)c(CCc4ccc(C(F)(F)F)c(F)c4)ccc3c2)c1. The first kappa shape index (κ1) is 27.6. The molecule has 2 nitrogen and oxygen atoms in total. The topological polar surface area (TPSA) is 22.1 Å². The summed E-state index contributed by atoms with van der Waals surface area (Å²) in [5.41, 5.74) is 1.51. The van der Waals surface area contributed by atoms with E-state index in [1.165, 1.54) is 6.07 Å². The standard InChI is InChI=1S/C31H30F5NO/c1-2-3-4-17-38-26-15-16-37-25(20-26)12-6-21-7-13-27-24(18-21)11-10-23(30(27)33)9-5-22-8-14-28(29(32)19-22)31(34,35)36/h7-8,10-11,13-16,18-20H,2-6,9,12,17H2,1H3. The van der Waals surface area contributed by atoms with Crippen molar-refractivity contribution >= 4 is 10.8 Å². The summed E-state index contributed by atoms with van der Waals surface area (Å²) in [6, 6.07) is 15.8. The van der Waals surface area contributed by atoms with Crippen LogP contribution < -0.4 is 4.74 Å². The van der Waals surface area contributed by atoms with E-state index in [1.807, 2.05) is 30.3 Å². The Labute approximate surface area is 219 Å². The number of rotatable bonds is 11. The van der Waals surface area contributed by atoms with Crippen molar-refractivity contribution in [2.75, 3.05) is 6.61 Å². The van der Waals surface area contributed by atoms with Crippen molar-refractivity contribution in [2.45, 2.75) is 58.0 Å². The van der Waals surface area contributed by atoms with Gasteiger partial charge in [0.15, 0.2) is 0 Å². The number of benzene rings is 3. The van der Waals surface area contributed by atoms with Gasteiger partial charge in [-0.15, -0.1) is 0 Å². The molecule has 4 rings (SSSR count). The Kier molecular flexibility index (Phi) is 8.97. The molecule has 0 fully saturated rings. The maximum Gasteiger partial charge on any atom is 0.419 e. The van der Waals surface area contributed by atoms with Crippen LogP contribution in [0, 0.1) is 11.6 Å². The number of aryl methyl sites for hydroxylation is 4. The van der Waals surface area contributed by atoms with Crippen molar-refractivity contribution in [1.82, 2.24) is 4.98 Å². The van der Waals surface area contributed by atoms with Crippen LogP contribution in [0.1, 0.15) is 54.1 Å². The number of nitrogens with zero attached hydrogens (tertiary/aromatic N) is 1. The third-order valence-corrected chi connectivity index (χ3v) is 6.59. The first-order valence-electron chi connectivity index (χ1n) is 12.9. The molecular weight excluding hydrogens is 497 g/mol. The van der Waals surface area contributed by atoms with Gasteiger partial charge in [0.05, 0.1) is 12.2 Å². The maximum atomic E-state index is 15.2. The van der Waals surface area contributed by atoms with Crippen LogP contribution in [0.4, 0.5) is 22.0 Å². The fraction of sp³-hybridized carbons (Fsp3) is 0.323. The third kappa shape index (κ3) is 7.09. The molecule has 0 saturated heterocycles. The van der Waals surface area contributed by atoms with Crippen LogP contribution in [0.2, 0.25) is 0 Å². The summed E-state index contributed by atoms with van der Waals surface area (Å²) in [6.45, 7) is 2.84. The molecule has 0 aliphatic heterocycles. The molecule has 0 bridgehead atoms. The summed E-state index contributed by atoms with van der Waals surface area (Å²) < 4.78 is 73.2. The van der Waals surface area contributed by atoms with Crippen LogP contribution >= 0.6 is 0 Å². The fourth-order valence-corrected chi connectivity index (χ4v) is 4.46. The number of hydrogen-bond acceptors (Lipinski definition) is 2. The van der Waals surface area contributed by atoms with Crippen molar-refractivity contribution in [2.24, 2.45) is 0 Å². The van der Waals surface area contributed by atoms with Gasteiger partial charge in [-0.1, -0.05) is 56.2 Å². The molecule has 0 aliphatic rings. The minimum Gasteiger partial charge on any atom is -0.493 e. The second kappa shape index (κ2) is 12.4. The first-order chi connectivity index (χ1) is 18.2. The molecule has 0 spiro atoms. The van der Waals surface area contributed by atoms with E-state index in [2.05, 4.69) is 11.9 Å². The molecule has 0 radical (unpaired) electrons. The van der Waals surface area contributed by atoms with Crippen LogP contribution in [-0.2, 0) is 31.9 Å². The number of fused-ring (bicyclic) bond motifs is 1.